The van der Waals surface area contributed by atoms with E-state index in [-0.39, 0.29) is 23.5 Å². The van der Waals surface area contributed by atoms with Crippen LogP contribution in [0.15, 0.2) is 47.1 Å². The Morgan fingerprint density at radius 2 is 1.83 bits per heavy atom. The monoisotopic (exact) mass is 406 g/mol. The highest BCUT2D eigenvalue weighted by Gasteiger charge is 2.28. The number of hydrogen-bond acceptors (Lipinski definition) is 4. The van der Waals surface area contributed by atoms with Crippen LogP contribution in [0.4, 0.5) is 5.69 Å². The summed E-state index contributed by atoms with van der Waals surface area (Å²) >= 11 is 0. The molecule has 0 saturated carbocycles. The molecule has 0 radical (unpaired) electrons. The van der Waals surface area contributed by atoms with Crippen molar-refractivity contribution in [2.45, 2.75) is 33.1 Å². The number of carbonyl (C=O) groups excluding carboxylic acids is 2. The van der Waals surface area contributed by atoms with E-state index in [0.717, 1.165) is 16.5 Å². The number of nitrogens with zero attached hydrogens (tertiary/aromatic N) is 1. The Kier molecular flexibility index (Phi) is 5.48. The first-order valence-electron chi connectivity index (χ1n) is 10.3. The predicted molar refractivity (Wildman–Crippen MR) is 115 cm³/mol. The van der Waals surface area contributed by atoms with Gasteiger partial charge in [-0.3, -0.25) is 9.59 Å². The van der Waals surface area contributed by atoms with Crippen LogP contribution in [0, 0.1) is 19.8 Å². The predicted octanol–water partition coefficient (Wildman–Crippen LogP) is 4.18. The molecule has 2 amide bonds. The fraction of sp³-hybridized carbons (Fsp3) is 0.333. The van der Waals surface area contributed by atoms with Crippen LogP contribution in [0.2, 0.25) is 0 Å². The number of amides is 2. The van der Waals surface area contributed by atoms with Gasteiger partial charge in [-0.15, -0.1) is 0 Å². The first-order valence-corrected chi connectivity index (χ1v) is 10.3. The van der Waals surface area contributed by atoms with E-state index in [4.69, 9.17) is 4.42 Å². The molecule has 2 heterocycles. The molecule has 4 rings (SSSR count). The van der Waals surface area contributed by atoms with E-state index in [0.29, 0.717) is 38.0 Å². The molecule has 3 aromatic rings. The van der Waals surface area contributed by atoms with Crippen molar-refractivity contribution in [1.82, 2.24) is 4.90 Å². The van der Waals surface area contributed by atoms with Crippen LogP contribution in [0.5, 0.6) is 5.75 Å². The second-order valence-corrected chi connectivity index (χ2v) is 8.03. The zero-order valence-electron chi connectivity index (χ0n) is 17.3. The number of fused-ring (bicyclic) bond motifs is 1. The smallest absolute Gasteiger partial charge is 0.227 e. The summed E-state index contributed by atoms with van der Waals surface area (Å²) in [6, 6.07) is 10.8. The van der Waals surface area contributed by atoms with Gasteiger partial charge in [-0.05, 0) is 62.1 Å². The molecule has 2 N–H and O–H groups in total. The number of anilines is 1. The number of piperidine rings is 1. The number of likely N-dealkylation sites (tertiary alicyclic amines) is 1. The number of phenolic OH excluding ortho intramolecular Hbond substituents is 1. The van der Waals surface area contributed by atoms with Gasteiger partial charge in [-0.25, -0.2) is 0 Å². The molecule has 156 valence electrons. The lowest BCUT2D eigenvalue weighted by molar-refractivity contribution is -0.133. The molecule has 1 fully saturated rings. The van der Waals surface area contributed by atoms with E-state index >= 15 is 0 Å². The lowest BCUT2D eigenvalue weighted by Gasteiger charge is -2.31. The van der Waals surface area contributed by atoms with Crippen LogP contribution in [0.1, 0.15) is 29.5 Å². The summed E-state index contributed by atoms with van der Waals surface area (Å²) < 4.78 is 5.64. The molecule has 1 saturated heterocycles. The third kappa shape index (κ3) is 4.03. The number of nitrogens with one attached hydrogen (secondary N) is 1. The van der Waals surface area contributed by atoms with Crippen LogP contribution in [-0.2, 0) is 16.0 Å². The fourth-order valence-corrected chi connectivity index (χ4v) is 3.95. The van der Waals surface area contributed by atoms with Crippen molar-refractivity contribution in [3.63, 3.8) is 0 Å². The summed E-state index contributed by atoms with van der Waals surface area (Å²) in [6.07, 6.45) is 3.18. The minimum Gasteiger partial charge on any atom is -0.506 e. The number of phenols is 1. The van der Waals surface area contributed by atoms with Gasteiger partial charge in [0.15, 0.2) is 0 Å². The van der Waals surface area contributed by atoms with Crippen molar-refractivity contribution in [1.29, 1.82) is 0 Å². The molecular formula is C24H26N2O4. The van der Waals surface area contributed by atoms with Crippen molar-refractivity contribution in [3.05, 3.63) is 59.4 Å². The summed E-state index contributed by atoms with van der Waals surface area (Å²) in [7, 11) is 0. The summed E-state index contributed by atoms with van der Waals surface area (Å²) in [5.41, 5.74) is 4.46. The van der Waals surface area contributed by atoms with Crippen molar-refractivity contribution in [3.8, 4) is 5.75 Å². The molecule has 0 unspecified atom stereocenters. The van der Waals surface area contributed by atoms with E-state index in [1.165, 1.54) is 11.1 Å². The topological polar surface area (TPSA) is 82.8 Å². The number of benzene rings is 2. The minimum absolute atomic E-state index is 0.0514. The first kappa shape index (κ1) is 20.0. The molecular weight excluding hydrogens is 380 g/mol. The molecule has 1 aliphatic rings. The number of para-hydroxylation sites is 2. The third-order valence-electron chi connectivity index (χ3n) is 5.99. The Morgan fingerprint density at radius 3 is 2.57 bits per heavy atom. The van der Waals surface area contributed by atoms with E-state index in [2.05, 4.69) is 18.3 Å². The molecule has 0 spiro atoms. The van der Waals surface area contributed by atoms with Gasteiger partial charge in [-0.2, -0.15) is 0 Å². The van der Waals surface area contributed by atoms with E-state index < -0.39 is 0 Å². The summed E-state index contributed by atoms with van der Waals surface area (Å²) in [5.74, 6) is -0.184. The van der Waals surface area contributed by atoms with Crippen molar-refractivity contribution in [2.24, 2.45) is 5.92 Å². The fourth-order valence-electron chi connectivity index (χ4n) is 3.95. The Labute approximate surface area is 175 Å². The highest BCUT2D eigenvalue weighted by molar-refractivity contribution is 5.94. The van der Waals surface area contributed by atoms with Gasteiger partial charge in [0.25, 0.3) is 0 Å². The van der Waals surface area contributed by atoms with E-state index in [1.807, 2.05) is 17.9 Å². The average Bonchev–Trinajstić information content (AvgIpc) is 3.11. The number of furan rings is 1. The quantitative estimate of drug-likeness (QED) is 0.637. The van der Waals surface area contributed by atoms with Crippen molar-refractivity contribution in [2.75, 3.05) is 18.4 Å². The van der Waals surface area contributed by atoms with Gasteiger partial charge in [0.05, 0.1) is 18.4 Å². The second kappa shape index (κ2) is 8.22. The highest BCUT2D eigenvalue weighted by atomic mass is 16.3. The number of aromatic hydroxyl groups is 1. The first-order chi connectivity index (χ1) is 14.4. The standard InChI is InChI=1S/C24H26N2O4/c1-15-11-19-18(14-30-22(19)12-16(15)2)13-23(28)26-9-7-17(8-10-26)24(29)25-20-5-3-4-6-21(20)27/h3-6,11-12,14,17,27H,7-10,13H2,1-2H3,(H,25,29). The van der Waals surface area contributed by atoms with Crippen molar-refractivity contribution < 1.29 is 19.1 Å². The second-order valence-electron chi connectivity index (χ2n) is 8.03. The normalized spacial score (nSPS) is 14.8. The molecule has 0 atom stereocenters. The lowest BCUT2D eigenvalue weighted by atomic mass is 9.95. The SMILES string of the molecule is Cc1cc2occ(CC(=O)N3CCC(C(=O)Nc4ccccc4O)CC3)c2cc1C. The summed E-state index contributed by atoms with van der Waals surface area (Å²) in [5, 5.41) is 13.6. The summed E-state index contributed by atoms with van der Waals surface area (Å²) in [6.45, 7) is 5.19. The van der Waals surface area contributed by atoms with Gasteiger partial charge >= 0.3 is 0 Å². The number of rotatable bonds is 4. The van der Waals surface area contributed by atoms with Crippen LogP contribution >= 0.6 is 0 Å². The van der Waals surface area contributed by atoms with Gasteiger partial charge in [0.2, 0.25) is 11.8 Å². The van der Waals surface area contributed by atoms with Crippen LogP contribution < -0.4 is 5.32 Å². The molecule has 0 aliphatic carbocycles. The van der Waals surface area contributed by atoms with Crippen molar-refractivity contribution >= 4 is 28.5 Å². The van der Waals surface area contributed by atoms with Gasteiger partial charge in [0, 0.05) is 30.0 Å². The zero-order valence-corrected chi connectivity index (χ0v) is 17.3. The maximum Gasteiger partial charge on any atom is 0.227 e. The van der Waals surface area contributed by atoms with E-state index in [1.54, 1.807) is 30.5 Å². The molecule has 6 nitrogen and oxygen atoms in total. The molecule has 1 aliphatic heterocycles. The molecule has 6 heteroatoms. The Hall–Kier alpha value is -3.28. The maximum atomic E-state index is 12.8. The Balaban J connectivity index is 1.35. The number of carbonyl (C=O) groups is 2. The Bertz CT molecular complexity index is 1090. The van der Waals surface area contributed by atoms with Crippen LogP contribution in [-0.4, -0.2) is 34.9 Å². The molecule has 1 aromatic heterocycles. The molecule has 0 bridgehead atoms. The number of aryl methyl sites for hydroxylation is 2. The van der Waals surface area contributed by atoms with E-state index in [9.17, 15) is 14.7 Å². The number of hydrogen-bond donors (Lipinski definition) is 2. The highest BCUT2D eigenvalue weighted by Crippen LogP contribution is 2.27. The lowest BCUT2D eigenvalue weighted by Crippen LogP contribution is -2.42. The van der Waals surface area contributed by atoms with Crippen LogP contribution in [0.25, 0.3) is 11.0 Å². The Morgan fingerprint density at radius 1 is 1.13 bits per heavy atom. The molecule has 2 aromatic carbocycles. The van der Waals surface area contributed by atoms with Gasteiger partial charge < -0.3 is 19.7 Å². The maximum absolute atomic E-state index is 12.8. The summed E-state index contributed by atoms with van der Waals surface area (Å²) in [4.78, 5) is 27.2. The zero-order chi connectivity index (χ0) is 21.3. The average molecular weight is 406 g/mol. The minimum atomic E-state index is -0.172. The van der Waals surface area contributed by atoms with Gasteiger partial charge in [-0.1, -0.05) is 12.1 Å². The molecule has 30 heavy (non-hydrogen) atoms. The third-order valence-corrected chi connectivity index (χ3v) is 5.99. The van der Waals surface area contributed by atoms with Gasteiger partial charge in [0.1, 0.15) is 11.3 Å². The van der Waals surface area contributed by atoms with Crippen LogP contribution in [0.3, 0.4) is 0 Å². The largest absolute Gasteiger partial charge is 0.506 e.